The molecule has 2 heteroatoms. The number of halogens is 1. The second-order valence-corrected chi connectivity index (χ2v) is 1.08. The van der Waals surface area contributed by atoms with E-state index in [1.54, 1.807) is 0 Å². The van der Waals surface area contributed by atoms with Gasteiger partial charge in [0.05, 0.1) is 0 Å². The maximum Gasteiger partial charge on any atom is -0.171 e. The Morgan fingerprint density at radius 3 is 1.62 bits per heavy atom. The Morgan fingerprint density at radius 2 is 1.50 bits per heavy atom. The van der Waals surface area contributed by atoms with E-state index >= 15 is 0 Å². The number of rotatable bonds is 0. The number of benzene rings is 1. The summed E-state index contributed by atoms with van der Waals surface area (Å²) in [6, 6.07) is 12.5. The third kappa shape index (κ3) is 4.18. The molecule has 45 valence electrons. The second kappa shape index (κ2) is 7.02. The minimum Gasteiger partial charge on any atom is -0.184 e. The van der Waals surface area contributed by atoms with Crippen LogP contribution >= 0.6 is 10.1 Å². The molecule has 1 rings (SSSR count). The molecule has 0 aromatic heterocycles. The molecule has 1 aromatic rings. The van der Waals surface area contributed by atoms with Crippen LogP contribution < -0.4 is 0 Å². The van der Waals surface area contributed by atoms with Crippen molar-refractivity contribution in [1.82, 2.24) is 0 Å². The van der Waals surface area contributed by atoms with Crippen LogP contribution in [0.5, 0.6) is 0 Å². The SMILES string of the molecule is [Cl][Co+].[c-]1ccccc1. The first-order valence-corrected chi connectivity index (χ1v) is 3.47. The van der Waals surface area contributed by atoms with Crippen LogP contribution in [-0.4, -0.2) is 0 Å². The standard InChI is InChI=1S/C6H5.ClH.Co/c1-2-4-6-5-3-1;;/h1-5H;1H;/q-1;;+2/p-1. The average Bonchev–Trinajstić information content (AvgIpc) is 1.96. The van der Waals surface area contributed by atoms with Gasteiger partial charge in [-0.3, -0.25) is 0 Å². The van der Waals surface area contributed by atoms with E-state index in [1.165, 1.54) is 0 Å². The van der Waals surface area contributed by atoms with Gasteiger partial charge in [0.2, 0.25) is 0 Å². The summed E-state index contributed by atoms with van der Waals surface area (Å²) in [5.74, 6) is 0. The van der Waals surface area contributed by atoms with Crippen molar-refractivity contribution in [3.8, 4) is 0 Å². The summed E-state index contributed by atoms with van der Waals surface area (Å²) < 4.78 is 0. The molecule has 0 nitrogen and oxygen atoms in total. The van der Waals surface area contributed by atoms with Crippen molar-refractivity contribution >= 4 is 10.1 Å². The van der Waals surface area contributed by atoms with Gasteiger partial charge in [-0.1, -0.05) is 0 Å². The van der Waals surface area contributed by atoms with E-state index in [9.17, 15) is 0 Å². The molecule has 0 fully saturated rings. The Balaban J connectivity index is 0.000000222. The van der Waals surface area contributed by atoms with E-state index in [0.29, 0.717) is 0 Å². The van der Waals surface area contributed by atoms with Crippen molar-refractivity contribution in [1.29, 1.82) is 0 Å². The molecule has 0 heterocycles. The molecule has 0 aliphatic carbocycles. The second-order valence-electron chi connectivity index (χ2n) is 1.08. The zero-order valence-corrected chi connectivity index (χ0v) is 5.90. The van der Waals surface area contributed by atoms with Crippen LogP contribution in [0.3, 0.4) is 0 Å². The van der Waals surface area contributed by atoms with Gasteiger partial charge < -0.3 is 0 Å². The topological polar surface area (TPSA) is 0 Å². The van der Waals surface area contributed by atoms with Crippen LogP contribution in [0.4, 0.5) is 0 Å². The van der Waals surface area contributed by atoms with Crippen LogP contribution in [0.1, 0.15) is 0 Å². The van der Waals surface area contributed by atoms with E-state index in [-0.39, 0.29) is 0 Å². The molecule has 0 spiro atoms. The fourth-order valence-corrected chi connectivity index (χ4v) is 0.342. The molecule has 0 unspecified atom stereocenters. The summed E-state index contributed by atoms with van der Waals surface area (Å²) in [4.78, 5) is 0. The van der Waals surface area contributed by atoms with Gasteiger partial charge in [0.1, 0.15) is 0 Å². The van der Waals surface area contributed by atoms with Crippen LogP contribution in [0, 0.1) is 6.07 Å². The van der Waals surface area contributed by atoms with Crippen LogP contribution in [0.25, 0.3) is 0 Å². The molecule has 0 amide bonds. The van der Waals surface area contributed by atoms with Gasteiger partial charge in [0.15, 0.2) is 0 Å². The monoisotopic (exact) mass is 171 g/mol. The Bertz CT molecular complexity index is 80.5. The molecule has 0 saturated carbocycles. The first kappa shape index (κ1) is 8.02. The van der Waals surface area contributed by atoms with Crippen molar-refractivity contribution in [2.75, 3.05) is 0 Å². The number of hydrogen-bond acceptors (Lipinski definition) is 0. The van der Waals surface area contributed by atoms with Gasteiger partial charge in [-0.25, -0.2) is 0 Å². The molecule has 0 aliphatic heterocycles. The quantitative estimate of drug-likeness (QED) is 0.525. The van der Waals surface area contributed by atoms with Crippen molar-refractivity contribution < 1.29 is 14.8 Å². The third-order valence-electron chi connectivity index (χ3n) is 0.607. The Hall–Kier alpha value is 0.0165. The van der Waals surface area contributed by atoms with Gasteiger partial charge in [-0.15, -0.1) is 0 Å². The zero-order valence-electron chi connectivity index (χ0n) is 4.10. The molecule has 0 saturated heterocycles. The molecule has 0 aliphatic rings. The summed E-state index contributed by atoms with van der Waals surface area (Å²) in [5, 5.41) is 0. The Labute approximate surface area is 61.7 Å². The summed E-state index contributed by atoms with van der Waals surface area (Å²) in [7, 11) is 4.33. The van der Waals surface area contributed by atoms with Crippen LogP contribution in [-0.2, 0) is 14.8 Å². The molecular weight excluding hydrogens is 166 g/mol. The Morgan fingerprint density at radius 1 is 1.00 bits per heavy atom. The van der Waals surface area contributed by atoms with Crippen molar-refractivity contribution in [3.05, 3.63) is 36.4 Å². The predicted octanol–water partition coefficient (Wildman–Crippen LogP) is 2.17. The molecule has 8 heavy (non-hydrogen) atoms. The number of hydrogen-bond donors (Lipinski definition) is 0. The van der Waals surface area contributed by atoms with Crippen LogP contribution in [0.2, 0.25) is 0 Å². The van der Waals surface area contributed by atoms with E-state index in [2.05, 4.69) is 31.0 Å². The summed E-state index contributed by atoms with van der Waals surface area (Å²) >= 11 is 3.03. The summed E-state index contributed by atoms with van der Waals surface area (Å²) in [5.41, 5.74) is 0. The van der Waals surface area contributed by atoms with E-state index in [0.717, 1.165) is 0 Å². The average molecular weight is 171 g/mol. The molecule has 0 atom stereocenters. The molecule has 0 N–H and O–H groups in total. The largest absolute Gasteiger partial charge is 0.184 e. The fraction of sp³-hybridized carbons (Fsp3) is 0. The smallest absolute Gasteiger partial charge is 0.171 e. The third-order valence-corrected chi connectivity index (χ3v) is 0.607. The predicted molar refractivity (Wildman–Crippen MR) is 31.1 cm³/mol. The fourth-order valence-electron chi connectivity index (χ4n) is 0.342. The molecule has 1 aromatic carbocycles. The normalized spacial score (nSPS) is 6.75. The van der Waals surface area contributed by atoms with E-state index in [1.807, 2.05) is 30.3 Å². The zero-order chi connectivity index (χ0) is 6.24. The molecule has 0 bridgehead atoms. The van der Waals surface area contributed by atoms with Crippen molar-refractivity contribution in [3.63, 3.8) is 0 Å². The Kier molecular flexibility index (Phi) is 7.03. The minimum atomic E-state index is 1.88. The molecular formula is C6H5ClCo. The van der Waals surface area contributed by atoms with E-state index in [4.69, 9.17) is 0 Å². The van der Waals surface area contributed by atoms with Gasteiger partial charge in [-0.2, -0.15) is 36.4 Å². The first-order valence-electron chi connectivity index (χ1n) is 2.04. The maximum absolute atomic E-state index is 4.33. The van der Waals surface area contributed by atoms with E-state index < -0.39 is 0 Å². The maximum atomic E-state index is 4.33. The van der Waals surface area contributed by atoms with Crippen molar-refractivity contribution in [2.45, 2.75) is 0 Å². The first-order chi connectivity index (χ1) is 4.00. The van der Waals surface area contributed by atoms with Crippen LogP contribution in [0.15, 0.2) is 30.3 Å². The van der Waals surface area contributed by atoms with Gasteiger partial charge in [0, 0.05) is 0 Å². The van der Waals surface area contributed by atoms with Gasteiger partial charge in [-0.05, 0) is 0 Å². The minimum absolute atomic E-state index is 1.88. The molecule has 0 radical (unpaired) electrons. The summed E-state index contributed by atoms with van der Waals surface area (Å²) in [6.45, 7) is 0. The van der Waals surface area contributed by atoms with Crippen molar-refractivity contribution in [2.24, 2.45) is 0 Å². The van der Waals surface area contributed by atoms with Gasteiger partial charge >= 0.3 is 25.0 Å². The summed E-state index contributed by atoms with van der Waals surface area (Å²) in [6.07, 6.45) is 0. The van der Waals surface area contributed by atoms with Gasteiger partial charge in [0.25, 0.3) is 0 Å².